The van der Waals surface area contributed by atoms with Crippen molar-refractivity contribution in [3.05, 3.63) is 70.8 Å². The molecular formula is C80H117ClF4N4O11. The maximum atomic E-state index is 13.7. The number of rotatable bonds is 10. The van der Waals surface area contributed by atoms with Crippen molar-refractivity contribution in [1.82, 2.24) is 15.1 Å². The van der Waals surface area contributed by atoms with Crippen LogP contribution in [0, 0.1) is 125 Å². The zero-order chi connectivity index (χ0) is 70.7. The summed E-state index contributed by atoms with van der Waals surface area (Å²) in [5.74, 6) is 1.36. The van der Waals surface area contributed by atoms with Gasteiger partial charge in [-0.1, -0.05) is 69.2 Å². The van der Waals surface area contributed by atoms with E-state index in [4.69, 9.17) is 34.2 Å². The molecule has 2 aromatic carbocycles. The van der Waals surface area contributed by atoms with Crippen LogP contribution in [0.4, 0.5) is 17.6 Å². The molecule has 4 spiro atoms. The minimum absolute atomic E-state index is 0. The topological polar surface area (TPSA) is 192 Å². The van der Waals surface area contributed by atoms with Gasteiger partial charge in [0.25, 0.3) is 0 Å². The highest BCUT2D eigenvalue weighted by Gasteiger charge is 2.87. The lowest BCUT2D eigenvalue weighted by molar-refractivity contribution is -0.247. The van der Waals surface area contributed by atoms with Gasteiger partial charge in [-0.25, -0.2) is 17.6 Å². The van der Waals surface area contributed by atoms with Crippen LogP contribution < -0.4 is 11.1 Å². The molecular weight excluding hydrogens is 1300 g/mol. The first-order valence-corrected chi connectivity index (χ1v) is 38.2. The minimum atomic E-state index is -0.583. The number of morpholine rings is 2. The van der Waals surface area contributed by atoms with Gasteiger partial charge in [0.05, 0.1) is 69.0 Å². The van der Waals surface area contributed by atoms with Gasteiger partial charge in [0.1, 0.15) is 35.7 Å². The Hall–Kier alpha value is -3.34. The Morgan fingerprint density at radius 1 is 0.590 bits per heavy atom. The quantitative estimate of drug-likeness (QED) is 0.130. The van der Waals surface area contributed by atoms with Crippen molar-refractivity contribution >= 4 is 30.5 Å². The van der Waals surface area contributed by atoms with Gasteiger partial charge in [-0.2, -0.15) is 0 Å². The Kier molecular flexibility index (Phi) is 19.9. The summed E-state index contributed by atoms with van der Waals surface area (Å²) < 4.78 is 90.8. The molecule has 5 N–H and O–H groups in total. The van der Waals surface area contributed by atoms with Crippen LogP contribution in [0.25, 0.3) is 0 Å². The maximum Gasteiger partial charge on any atom is 0.219 e. The lowest BCUT2D eigenvalue weighted by Crippen LogP contribution is -2.60. The average Bonchev–Trinajstić information content (AvgIpc) is 1.46. The molecule has 100 heavy (non-hydrogen) atoms. The van der Waals surface area contributed by atoms with E-state index in [0.29, 0.717) is 127 Å². The minimum Gasteiger partial charge on any atom is -0.390 e. The first kappa shape index (κ1) is 74.9. The van der Waals surface area contributed by atoms with Crippen molar-refractivity contribution < 1.29 is 70.6 Å². The molecule has 558 valence electrons. The number of nitrogens with two attached hydrogens (primary N) is 1. The van der Waals surface area contributed by atoms with Gasteiger partial charge in [0.15, 0.2) is 12.6 Å². The fourth-order valence-electron chi connectivity index (χ4n) is 27.6. The zero-order valence-corrected chi connectivity index (χ0v) is 62.4. The van der Waals surface area contributed by atoms with E-state index < -0.39 is 35.5 Å². The molecule has 16 rings (SSSR count). The summed E-state index contributed by atoms with van der Waals surface area (Å²) in [6, 6.07) is 6.88. The maximum absolute atomic E-state index is 13.7. The molecule has 4 aliphatic heterocycles. The second-order valence-corrected chi connectivity index (χ2v) is 36.5. The van der Waals surface area contributed by atoms with Gasteiger partial charge >= 0.3 is 0 Å². The first-order chi connectivity index (χ1) is 46.7. The number of ether oxygens (including phenoxy) is 6. The molecule has 14 fully saturated rings. The second kappa shape index (κ2) is 26.6. The number of benzene rings is 2. The Morgan fingerprint density at radius 3 is 1.43 bits per heavy atom. The summed E-state index contributed by atoms with van der Waals surface area (Å²) in [7, 11) is 0. The fraction of sp³-hybridized carbons (Fsp3) is 0.812. The highest BCUT2D eigenvalue weighted by atomic mass is 35.5. The number of hydrogen-bond acceptors (Lipinski definition) is 13. The molecule has 0 bridgehead atoms. The summed E-state index contributed by atoms with van der Waals surface area (Å²) in [5, 5.41) is 28.0. The molecule has 10 saturated carbocycles. The molecule has 14 aliphatic rings. The largest absolute Gasteiger partial charge is 0.390 e. The number of fused-ring (bicyclic) bond motifs is 8. The van der Waals surface area contributed by atoms with Crippen molar-refractivity contribution in [2.45, 2.75) is 260 Å². The summed E-state index contributed by atoms with van der Waals surface area (Å²) in [6.07, 6.45) is 16.5. The molecule has 20 heteroatoms. The predicted octanol–water partition coefficient (Wildman–Crippen LogP) is 12.9. The summed E-state index contributed by atoms with van der Waals surface area (Å²) in [4.78, 5) is 39.5. The number of nitrogens with one attached hydrogen (secondary N) is 1. The molecule has 0 radical (unpaired) electrons. The van der Waals surface area contributed by atoms with E-state index in [1.165, 1.54) is 62.8 Å². The van der Waals surface area contributed by atoms with Crippen LogP contribution in [-0.2, 0) is 55.9 Å². The Balaban J connectivity index is 0.000000158. The van der Waals surface area contributed by atoms with Gasteiger partial charge in [-0.3, -0.25) is 9.59 Å². The Morgan fingerprint density at radius 2 is 1.00 bits per heavy atom. The van der Waals surface area contributed by atoms with Crippen molar-refractivity contribution in [3.63, 3.8) is 0 Å². The molecule has 0 aromatic heterocycles. The normalized spacial score (nSPS) is 47.0. The number of carbonyl (C=O) groups excluding carboxylic acids is 3. The summed E-state index contributed by atoms with van der Waals surface area (Å²) >= 11 is 0. The fourth-order valence-corrected chi connectivity index (χ4v) is 27.6. The SMILES string of the molecule is CC(=O)N1CCOC(OC2CC[C@]34CC35CC[C@]3(C)C6C(OC(C=O)C[C@H]6C)[C@H](O)[C@@]3(C)[C@@H]5CC[C@H]4C2(C)C)C1.CC(=O)N1CCOC(OC2CC[C@]34CC35CC[C@]3(C)C6C(OC(CNCc7cc(F)cc(F)c7)C[C@H]6C)[C@H](O)[C@@]3(C)[C@@H]5CC[C@H]4C2(C)C)C1.Cl.NCc1cc(F)cc(F)c1. The number of aldehydes is 1. The first-order valence-electron chi connectivity index (χ1n) is 38.2. The van der Waals surface area contributed by atoms with E-state index in [9.17, 15) is 42.2 Å². The number of hydrogen-bond donors (Lipinski definition) is 4. The molecule has 2 aromatic rings. The number of halogens is 5. The average molecular weight is 1420 g/mol. The van der Waals surface area contributed by atoms with Gasteiger partial charge in [0.2, 0.25) is 11.8 Å². The summed E-state index contributed by atoms with van der Waals surface area (Å²) in [5.41, 5.74) is 6.98. The third-order valence-corrected chi connectivity index (χ3v) is 32.1. The molecule has 4 heterocycles. The summed E-state index contributed by atoms with van der Waals surface area (Å²) in [6.45, 7) is 31.8. The van der Waals surface area contributed by atoms with Crippen molar-refractivity contribution in [1.29, 1.82) is 0 Å². The van der Waals surface area contributed by atoms with Crippen molar-refractivity contribution in [2.24, 2.45) is 107 Å². The predicted molar refractivity (Wildman–Crippen MR) is 372 cm³/mol. The van der Waals surface area contributed by atoms with Crippen LogP contribution in [0.3, 0.4) is 0 Å². The van der Waals surface area contributed by atoms with Crippen LogP contribution in [-0.4, -0.2) is 145 Å². The van der Waals surface area contributed by atoms with Crippen LogP contribution in [0.1, 0.15) is 197 Å². The van der Waals surface area contributed by atoms with E-state index >= 15 is 0 Å². The van der Waals surface area contributed by atoms with E-state index in [1.807, 2.05) is 9.80 Å². The van der Waals surface area contributed by atoms with Gasteiger partial charge in [-0.15, -0.1) is 12.4 Å². The third kappa shape index (κ3) is 11.3. The number of carbonyl (C=O) groups is 3. The van der Waals surface area contributed by atoms with E-state index in [1.54, 1.807) is 13.8 Å². The molecule has 15 nitrogen and oxygen atoms in total. The van der Waals surface area contributed by atoms with Crippen LogP contribution in [0.15, 0.2) is 36.4 Å². The number of amides is 2. The van der Waals surface area contributed by atoms with Crippen molar-refractivity contribution in [2.75, 3.05) is 45.9 Å². The second-order valence-electron chi connectivity index (χ2n) is 36.5. The highest BCUT2D eigenvalue weighted by Crippen LogP contribution is 2.91. The lowest BCUT2D eigenvalue weighted by Gasteiger charge is -2.64. The number of aliphatic hydroxyl groups is 2. The van der Waals surface area contributed by atoms with Crippen LogP contribution in [0.5, 0.6) is 0 Å². The Bertz CT molecular complexity index is 3370. The van der Waals surface area contributed by atoms with Crippen LogP contribution in [0.2, 0.25) is 0 Å². The van der Waals surface area contributed by atoms with Gasteiger partial charge in [-0.05, 0) is 229 Å². The van der Waals surface area contributed by atoms with Crippen molar-refractivity contribution in [3.8, 4) is 0 Å². The molecule has 4 saturated heterocycles. The molecule has 2 amide bonds. The van der Waals surface area contributed by atoms with Crippen LogP contribution >= 0.6 is 12.4 Å². The van der Waals surface area contributed by atoms with Gasteiger partial charge in [0, 0.05) is 69.5 Å². The lowest BCUT2D eigenvalue weighted by atomic mass is 9.41. The number of aliphatic hydroxyl groups excluding tert-OH is 2. The van der Waals surface area contributed by atoms with E-state index in [2.05, 4.69) is 74.6 Å². The smallest absolute Gasteiger partial charge is 0.219 e. The molecule has 10 aliphatic carbocycles. The molecule has 26 atom stereocenters. The Labute approximate surface area is 597 Å². The molecule has 12 unspecified atom stereocenters. The number of nitrogens with zero attached hydrogens (tertiary/aromatic N) is 2. The highest BCUT2D eigenvalue weighted by molar-refractivity contribution is 5.85. The van der Waals surface area contributed by atoms with E-state index in [0.717, 1.165) is 82.6 Å². The van der Waals surface area contributed by atoms with Gasteiger partial charge < -0.3 is 64.3 Å². The van der Waals surface area contributed by atoms with E-state index in [-0.39, 0.29) is 118 Å². The third-order valence-electron chi connectivity index (χ3n) is 32.1. The monoisotopic (exact) mass is 1420 g/mol. The standard InChI is InChI=1S/C40H58F2N2O5.C33H51NO6.C7H7F2N.ClH/c1-23-15-28(20-43-19-25-16-26(41)18-27(42)17-25)48-34-33(23)37(5)11-12-40-22-39(40)10-9-31(49-32-21-44(24(2)45)13-14-47-32)36(3,4)29(39)7-8-30(40)38(37,6)35(34)46;1-19-15-21(17-35)39-27-26(19)30(5)11-12-33-18-32(33)10-9-24(40-25-16-34(20(2)36)13-14-38-25)29(3,4)22(32)7-8-23(33)31(30,6)28(27)37;8-6-1-5(4-10)2-7(9)3-6;/h16-18,23,28-35,43,46H,7-15,19-22H2,1-6H3;17,19,21-28,37H,7-16,18H2,1-6H3;1-3H,4,10H2;1H/t23-,28?,29+,30+,31?,32?,33?,34?,35+,37-,38-,39-,40?;19-,21?,22+,23+,24?,25?,26?,27?,28+,30-,31-,32-,33?;;/m11../s1. The zero-order valence-electron chi connectivity index (χ0n) is 61.6.